The Labute approximate surface area is 607 Å². The fraction of sp³-hybridized carbons (Fsp3) is 0.775. The molecule has 2 saturated heterocycles. The van der Waals surface area contributed by atoms with E-state index < -0.39 is 114 Å². The fourth-order valence-corrected chi connectivity index (χ4v) is 21.6. The minimum atomic E-state index is -1.09. The number of aromatic hydroxyl groups is 1. The standard InChI is InChI=1S/C44H63NO11.C36H54O11/c1-24(2)19-38(49)56-39-26(4)25(3)34(23-53-37(48)14-13-36(47)45-18-16-28-7-10-30(46)11-8-28)55-42(39)54-31-20-32(41(51)52)33-15-17-44-21-29(27(5)40(44)50)9-12-35(44)43(33,6)22-31;1-18(2)13-30(40)47-31-20(4)19(3)26(17-44-29(39)10-9-28(37)38)46-34(31)45-23-14-24(33(42)43)25-11-12-36-15-22(21(5)32(36)41)7-8-27(36)35(25,6)16-23/h7-8,10-11,24-26,29,31-35,39-40,42,46,50H,5,9,12-23H2,1-4,6H3,(H,45,47)(H,51,52);18-20,22-27,31-32,34,41H,5,7-17H2,1-4,6H3,(H,37,38)(H,42,43)/t25?,26-,29?,31?,32?,33?,34?,35?,39?,40?,42?,43?,44?;19?,20-,22?,23?,24?,25?,26?,27?,31?,32?,34?,35?,36?/m00/s1. The van der Waals surface area contributed by atoms with Crippen LogP contribution in [-0.4, -0.2) is 160 Å². The van der Waals surface area contributed by atoms with E-state index in [1.807, 2.05) is 55.4 Å². The third kappa shape index (κ3) is 16.9. The molecule has 2 heterocycles. The molecule has 0 aromatic heterocycles. The van der Waals surface area contributed by atoms with Crippen molar-refractivity contribution in [2.24, 2.45) is 105 Å². The number of carboxylic acids is 3. The Morgan fingerprint density at radius 1 is 0.563 bits per heavy atom. The van der Waals surface area contributed by atoms with Crippen LogP contribution in [0.5, 0.6) is 5.75 Å². The predicted molar refractivity (Wildman–Crippen MR) is 374 cm³/mol. The number of aliphatic hydroxyl groups excluding tert-OH is 2. The van der Waals surface area contributed by atoms with Crippen LogP contribution in [0.3, 0.4) is 0 Å². The summed E-state index contributed by atoms with van der Waals surface area (Å²) in [5.41, 5.74) is 1.39. The van der Waals surface area contributed by atoms with E-state index >= 15 is 0 Å². The molecule has 1 amide bonds. The maximum absolute atomic E-state index is 13.1. The van der Waals surface area contributed by atoms with Gasteiger partial charge in [0.1, 0.15) is 19.0 Å². The van der Waals surface area contributed by atoms with Crippen molar-refractivity contribution >= 4 is 47.7 Å². The lowest BCUT2D eigenvalue weighted by Gasteiger charge is -2.62. The molecule has 4 bridgehead atoms. The van der Waals surface area contributed by atoms with E-state index in [1.54, 1.807) is 24.3 Å². The smallest absolute Gasteiger partial charge is 0.306 e. The van der Waals surface area contributed by atoms with Crippen molar-refractivity contribution in [3.63, 3.8) is 0 Å². The van der Waals surface area contributed by atoms with Crippen molar-refractivity contribution in [3.05, 3.63) is 54.1 Å². The number of aliphatic hydroxyl groups is 2. The van der Waals surface area contributed by atoms with Crippen LogP contribution in [-0.2, 0) is 82.7 Å². The van der Waals surface area contributed by atoms with Crippen LogP contribution < -0.4 is 5.32 Å². The van der Waals surface area contributed by atoms with E-state index in [-0.39, 0.29) is 145 Å². The first-order valence-corrected chi connectivity index (χ1v) is 38.4. The molecule has 1 aromatic carbocycles. The molecular weight excluding hydrogens is 1330 g/mol. The van der Waals surface area contributed by atoms with Crippen LogP contribution in [0, 0.1) is 105 Å². The molecule has 7 N–H and O–H groups in total. The zero-order valence-electron chi connectivity index (χ0n) is 62.3. The third-order valence-corrected chi connectivity index (χ3v) is 27.1. The van der Waals surface area contributed by atoms with Gasteiger partial charge in [0.25, 0.3) is 0 Å². The number of hydrogen-bond donors (Lipinski definition) is 7. The molecule has 11 rings (SSSR count). The zero-order valence-corrected chi connectivity index (χ0v) is 62.3. The minimum absolute atomic E-state index is 0.0359. The molecule has 10 fully saturated rings. The Morgan fingerprint density at radius 2 is 0.981 bits per heavy atom. The van der Waals surface area contributed by atoms with Gasteiger partial charge in [-0.1, -0.05) is 94.5 Å². The molecule has 0 radical (unpaired) electrons. The number of nitrogens with one attached hydrogen (secondary N) is 1. The molecule has 2 aliphatic heterocycles. The van der Waals surface area contributed by atoms with Crippen LogP contribution in [0.4, 0.5) is 0 Å². The Bertz CT molecular complexity index is 3260. The number of carbonyl (C=O) groups excluding carboxylic acids is 5. The topological polar surface area (TPSA) is 344 Å². The highest BCUT2D eigenvalue weighted by atomic mass is 16.7. The predicted octanol–water partition coefficient (Wildman–Crippen LogP) is 10.9. The molecule has 1 aromatic rings. The van der Waals surface area contributed by atoms with Crippen LogP contribution in [0.15, 0.2) is 48.6 Å². The summed E-state index contributed by atoms with van der Waals surface area (Å²) in [5.74, 6) is -6.11. The van der Waals surface area contributed by atoms with Crippen molar-refractivity contribution in [1.82, 2.24) is 5.32 Å². The van der Waals surface area contributed by atoms with Crippen LogP contribution >= 0.6 is 0 Å². The Kier molecular flexibility index (Phi) is 25.2. The quantitative estimate of drug-likeness (QED) is 0.0207. The van der Waals surface area contributed by atoms with Gasteiger partial charge in [-0.3, -0.25) is 38.4 Å². The van der Waals surface area contributed by atoms with E-state index in [1.165, 1.54) is 0 Å². The average Bonchev–Trinajstić information content (AvgIpc) is 1.61. The second-order valence-electron chi connectivity index (χ2n) is 34.2. The molecule has 24 unspecified atom stereocenters. The molecule has 26 atom stereocenters. The number of fused-ring (bicyclic) bond motifs is 6. The summed E-state index contributed by atoms with van der Waals surface area (Å²) in [4.78, 5) is 100. The van der Waals surface area contributed by atoms with Gasteiger partial charge in [-0.2, -0.15) is 0 Å². The number of phenolic OH excluding ortho intramolecular Hbond substituents is 1. The fourth-order valence-electron chi connectivity index (χ4n) is 21.6. The number of aliphatic carboxylic acids is 3. The van der Waals surface area contributed by atoms with Gasteiger partial charge in [0.05, 0.1) is 67.7 Å². The number of carbonyl (C=O) groups is 8. The lowest BCUT2D eigenvalue weighted by Crippen LogP contribution is -2.60. The Balaban J connectivity index is 0.000000225. The highest BCUT2D eigenvalue weighted by Gasteiger charge is 2.69. The number of rotatable bonds is 25. The number of hydrogen-bond acceptors (Lipinski definition) is 19. The molecule has 2 spiro atoms. The summed E-state index contributed by atoms with van der Waals surface area (Å²) >= 11 is 0. The van der Waals surface area contributed by atoms with E-state index in [0.717, 1.165) is 80.9 Å². The lowest BCUT2D eigenvalue weighted by atomic mass is 9.43. The Morgan fingerprint density at radius 3 is 1.38 bits per heavy atom. The largest absolute Gasteiger partial charge is 0.508 e. The first kappa shape index (κ1) is 79.6. The summed E-state index contributed by atoms with van der Waals surface area (Å²) in [6, 6.07) is 6.75. The van der Waals surface area contributed by atoms with Gasteiger partial charge in [0.15, 0.2) is 24.8 Å². The van der Waals surface area contributed by atoms with Crippen molar-refractivity contribution in [1.29, 1.82) is 0 Å². The van der Waals surface area contributed by atoms with Gasteiger partial charge in [0.2, 0.25) is 5.91 Å². The number of benzene rings is 1. The van der Waals surface area contributed by atoms with Gasteiger partial charge in [-0.15, -0.1) is 0 Å². The molecule has 103 heavy (non-hydrogen) atoms. The van der Waals surface area contributed by atoms with Crippen LogP contribution in [0.25, 0.3) is 0 Å². The van der Waals surface area contributed by atoms with E-state index in [0.29, 0.717) is 50.5 Å². The molecular formula is C80H117NO22. The van der Waals surface area contributed by atoms with Crippen molar-refractivity contribution in [2.75, 3.05) is 19.8 Å². The number of esters is 4. The van der Waals surface area contributed by atoms with Crippen molar-refractivity contribution < 1.29 is 107 Å². The normalized spacial score (nSPS) is 39.9. The van der Waals surface area contributed by atoms with Gasteiger partial charge in [0, 0.05) is 48.5 Å². The number of amides is 1. The summed E-state index contributed by atoms with van der Waals surface area (Å²) in [6.07, 6.45) is 3.57. The van der Waals surface area contributed by atoms with E-state index in [4.69, 9.17) is 43.0 Å². The summed E-state index contributed by atoms with van der Waals surface area (Å²) in [7, 11) is 0. The number of phenols is 1. The third-order valence-electron chi connectivity index (χ3n) is 27.1. The summed E-state index contributed by atoms with van der Waals surface area (Å²) in [6.45, 7) is 28.6. The molecule has 23 heteroatoms. The SMILES string of the molecule is C=C1C2CCC3C4(C)CC(OC5OC(COC(=O)CCC(=O)NCCc6ccc(O)cc6)C(C)[C@H](C)C5OC(=O)CC(C)C)CC(C(=O)O)C4CCC3(C2)C1O.C=C1C2CCC3C4(C)CC(OC5OC(COC(=O)CCC(=O)O)C(C)[C@H](C)C5OC(=O)CC(C)C)CC(C(=O)O)C4CCC3(C2)C1O. The highest BCUT2D eigenvalue weighted by molar-refractivity contribution is 5.81. The number of ether oxygens (including phenoxy) is 8. The van der Waals surface area contributed by atoms with E-state index in [2.05, 4.69) is 32.3 Å². The lowest BCUT2D eigenvalue weighted by molar-refractivity contribution is -0.303. The maximum atomic E-state index is 13.1. The highest BCUT2D eigenvalue weighted by Crippen LogP contribution is 2.73. The monoisotopic (exact) mass is 1440 g/mol. The summed E-state index contributed by atoms with van der Waals surface area (Å²) in [5, 5.41) is 65.4. The second kappa shape index (κ2) is 32.6. The van der Waals surface area contributed by atoms with Gasteiger partial charge < -0.3 is 73.9 Å². The molecule has 8 aliphatic carbocycles. The first-order chi connectivity index (χ1) is 48.6. The molecule has 574 valence electrons. The molecule has 10 aliphatic rings. The van der Waals surface area contributed by atoms with Crippen molar-refractivity contribution in [2.45, 2.75) is 265 Å². The molecule has 23 nitrogen and oxygen atoms in total. The first-order valence-electron chi connectivity index (χ1n) is 38.4. The van der Waals surface area contributed by atoms with Crippen molar-refractivity contribution in [3.8, 4) is 5.75 Å². The van der Waals surface area contributed by atoms with Gasteiger partial charge in [-0.05, 0) is 195 Å². The van der Waals surface area contributed by atoms with Gasteiger partial charge in [-0.25, -0.2) is 0 Å². The maximum Gasteiger partial charge on any atom is 0.306 e. The Hall–Kier alpha value is -5.98. The second-order valence-corrected chi connectivity index (χ2v) is 34.2. The van der Waals surface area contributed by atoms with E-state index in [9.17, 15) is 63.9 Å². The van der Waals surface area contributed by atoms with Gasteiger partial charge >= 0.3 is 41.8 Å². The average molecular weight is 1440 g/mol. The minimum Gasteiger partial charge on any atom is -0.508 e. The van der Waals surface area contributed by atoms with Crippen LogP contribution in [0.1, 0.15) is 203 Å². The molecule has 8 saturated carbocycles. The number of carboxylic acid groups (broad SMARTS) is 3. The summed E-state index contributed by atoms with van der Waals surface area (Å²) < 4.78 is 49.7. The zero-order chi connectivity index (χ0) is 74.9. The van der Waals surface area contributed by atoms with Crippen LogP contribution in [0.2, 0.25) is 0 Å².